The second-order valence-electron chi connectivity index (χ2n) is 5.63. The molecule has 2 N–H and O–H groups in total. The van der Waals surface area contributed by atoms with E-state index in [1.807, 2.05) is 6.07 Å². The number of nitrogens with zero attached hydrogens (tertiary/aromatic N) is 1. The van der Waals surface area contributed by atoms with Crippen molar-refractivity contribution in [1.29, 1.82) is 0 Å². The second-order valence-corrected chi connectivity index (χ2v) is 5.63. The molecule has 0 atom stereocenters. The van der Waals surface area contributed by atoms with Gasteiger partial charge in [0.15, 0.2) is 0 Å². The number of rotatable bonds is 8. The summed E-state index contributed by atoms with van der Waals surface area (Å²) in [5.41, 5.74) is 1.06. The molecule has 2 aromatic rings. The first-order valence-corrected chi connectivity index (χ1v) is 7.53. The molecule has 0 aliphatic rings. The van der Waals surface area contributed by atoms with E-state index in [9.17, 15) is 0 Å². The van der Waals surface area contributed by atoms with Crippen molar-refractivity contribution in [3.8, 4) is 0 Å². The Labute approximate surface area is 126 Å². The Hall–Kier alpha value is -1.65. The largest absolute Gasteiger partial charge is 0.383 e. The van der Waals surface area contributed by atoms with Crippen LogP contribution in [0.15, 0.2) is 30.3 Å². The summed E-state index contributed by atoms with van der Waals surface area (Å²) in [7, 11) is 1.71. The van der Waals surface area contributed by atoms with Gasteiger partial charge in [-0.3, -0.25) is 0 Å². The molecule has 0 aliphatic heterocycles. The molecular weight excluding hydrogens is 262 g/mol. The maximum Gasteiger partial charge on any atom is 0.134 e. The average molecular weight is 287 g/mol. The zero-order valence-corrected chi connectivity index (χ0v) is 13.1. The third kappa shape index (κ3) is 4.69. The van der Waals surface area contributed by atoms with Gasteiger partial charge in [0.1, 0.15) is 5.82 Å². The number of pyridine rings is 1. The van der Waals surface area contributed by atoms with Crippen LogP contribution in [0.2, 0.25) is 0 Å². The number of hydrogen-bond donors (Lipinski definition) is 2. The number of fused-ring (bicyclic) bond motifs is 1. The highest BCUT2D eigenvalue weighted by Gasteiger charge is 2.05. The lowest BCUT2D eigenvalue weighted by atomic mass is 10.1. The van der Waals surface area contributed by atoms with E-state index >= 15 is 0 Å². The van der Waals surface area contributed by atoms with Gasteiger partial charge in [-0.05, 0) is 23.9 Å². The van der Waals surface area contributed by atoms with Crippen molar-refractivity contribution in [3.05, 3.63) is 36.0 Å². The average Bonchev–Trinajstić information content (AvgIpc) is 2.47. The molecule has 0 spiro atoms. The number of aromatic nitrogens is 1. The molecule has 21 heavy (non-hydrogen) atoms. The van der Waals surface area contributed by atoms with E-state index in [0.29, 0.717) is 12.5 Å². The summed E-state index contributed by atoms with van der Waals surface area (Å²) in [4.78, 5) is 4.74. The first-order valence-electron chi connectivity index (χ1n) is 7.53. The summed E-state index contributed by atoms with van der Waals surface area (Å²) in [5, 5.41) is 9.18. The molecule has 2 rings (SSSR count). The van der Waals surface area contributed by atoms with Crippen LogP contribution in [0.4, 0.5) is 5.82 Å². The SMILES string of the molecule is COCCNc1nc(CNCC(C)C)cc2ccccc12. The van der Waals surface area contributed by atoms with Gasteiger partial charge in [0, 0.05) is 25.6 Å². The van der Waals surface area contributed by atoms with Crippen molar-refractivity contribution < 1.29 is 4.74 Å². The van der Waals surface area contributed by atoms with Crippen LogP contribution in [-0.4, -0.2) is 31.8 Å². The van der Waals surface area contributed by atoms with Gasteiger partial charge in [0.05, 0.1) is 12.3 Å². The van der Waals surface area contributed by atoms with Crippen LogP contribution >= 0.6 is 0 Å². The normalized spacial score (nSPS) is 11.2. The Morgan fingerprint density at radius 2 is 2.05 bits per heavy atom. The maximum absolute atomic E-state index is 5.09. The van der Waals surface area contributed by atoms with E-state index in [4.69, 9.17) is 9.72 Å². The molecule has 0 bridgehead atoms. The first-order chi connectivity index (χ1) is 10.2. The van der Waals surface area contributed by atoms with Gasteiger partial charge in [-0.15, -0.1) is 0 Å². The van der Waals surface area contributed by atoms with Crippen molar-refractivity contribution in [2.45, 2.75) is 20.4 Å². The van der Waals surface area contributed by atoms with Gasteiger partial charge >= 0.3 is 0 Å². The van der Waals surface area contributed by atoms with Gasteiger partial charge in [-0.2, -0.15) is 0 Å². The molecular formula is C17H25N3O. The fourth-order valence-electron chi connectivity index (χ4n) is 2.24. The fourth-order valence-corrected chi connectivity index (χ4v) is 2.24. The topological polar surface area (TPSA) is 46.2 Å². The Morgan fingerprint density at radius 1 is 1.24 bits per heavy atom. The molecule has 4 nitrogen and oxygen atoms in total. The number of anilines is 1. The van der Waals surface area contributed by atoms with E-state index < -0.39 is 0 Å². The Kier molecular flexibility index (Phi) is 5.96. The molecule has 0 saturated heterocycles. The van der Waals surface area contributed by atoms with Crippen LogP contribution in [0.25, 0.3) is 10.8 Å². The summed E-state index contributed by atoms with van der Waals surface area (Å²) in [6.45, 7) is 7.64. The van der Waals surface area contributed by atoms with E-state index in [1.54, 1.807) is 7.11 Å². The predicted octanol–water partition coefficient (Wildman–Crippen LogP) is 3.04. The van der Waals surface area contributed by atoms with Crippen molar-refractivity contribution >= 4 is 16.6 Å². The number of methoxy groups -OCH3 is 1. The van der Waals surface area contributed by atoms with E-state index in [1.165, 1.54) is 5.39 Å². The Bertz CT molecular complexity index is 569. The lowest BCUT2D eigenvalue weighted by Gasteiger charge is -2.12. The minimum absolute atomic E-state index is 0.643. The molecule has 0 radical (unpaired) electrons. The van der Waals surface area contributed by atoms with Crippen LogP contribution in [0.1, 0.15) is 19.5 Å². The molecule has 114 valence electrons. The molecule has 0 saturated carbocycles. The summed E-state index contributed by atoms with van der Waals surface area (Å²) in [5.74, 6) is 1.58. The third-order valence-corrected chi connectivity index (χ3v) is 3.25. The summed E-state index contributed by atoms with van der Waals surface area (Å²) in [6, 6.07) is 10.5. The number of nitrogens with one attached hydrogen (secondary N) is 2. The molecule has 0 fully saturated rings. The van der Waals surface area contributed by atoms with E-state index in [0.717, 1.165) is 36.5 Å². The van der Waals surface area contributed by atoms with E-state index in [-0.39, 0.29) is 0 Å². The van der Waals surface area contributed by atoms with Crippen LogP contribution in [0, 0.1) is 5.92 Å². The summed E-state index contributed by atoms with van der Waals surface area (Å²) in [6.07, 6.45) is 0. The van der Waals surface area contributed by atoms with Gasteiger partial charge in [0.2, 0.25) is 0 Å². The van der Waals surface area contributed by atoms with Gasteiger partial charge in [-0.1, -0.05) is 38.1 Å². The highest BCUT2D eigenvalue weighted by atomic mass is 16.5. The monoisotopic (exact) mass is 287 g/mol. The Balaban J connectivity index is 2.17. The fraction of sp³-hybridized carbons (Fsp3) is 0.471. The number of hydrogen-bond acceptors (Lipinski definition) is 4. The van der Waals surface area contributed by atoms with Crippen molar-refractivity contribution in [2.75, 3.05) is 32.1 Å². The van der Waals surface area contributed by atoms with Gasteiger partial charge in [0.25, 0.3) is 0 Å². The van der Waals surface area contributed by atoms with Crippen molar-refractivity contribution in [3.63, 3.8) is 0 Å². The second kappa shape index (κ2) is 7.96. The number of ether oxygens (including phenoxy) is 1. The van der Waals surface area contributed by atoms with Gasteiger partial charge < -0.3 is 15.4 Å². The van der Waals surface area contributed by atoms with E-state index in [2.05, 4.69) is 48.7 Å². The highest BCUT2D eigenvalue weighted by Crippen LogP contribution is 2.22. The lowest BCUT2D eigenvalue weighted by molar-refractivity contribution is 0.210. The van der Waals surface area contributed by atoms with Gasteiger partial charge in [-0.25, -0.2) is 4.98 Å². The quantitative estimate of drug-likeness (QED) is 0.733. The highest BCUT2D eigenvalue weighted by molar-refractivity contribution is 5.92. The smallest absolute Gasteiger partial charge is 0.134 e. The molecule has 0 unspecified atom stereocenters. The number of benzene rings is 1. The van der Waals surface area contributed by atoms with Crippen molar-refractivity contribution in [1.82, 2.24) is 10.3 Å². The Morgan fingerprint density at radius 3 is 2.81 bits per heavy atom. The van der Waals surface area contributed by atoms with Crippen molar-refractivity contribution in [2.24, 2.45) is 5.92 Å². The summed E-state index contributed by atoms with van der Waals surface area (Å²) < 4.78 is 5.09. The minimum atomic E-state index is 0.643. The zero-order valence-electron chi connectivity index (χ0n) is 13.1. The molecule has 4 heteroatoms. The molecule has 1 heterocycles. The van der Waals surface area contributed by atoms with Crippen LogP contribution < -0.4 is 10.6 Å². The first kappa shape index (κ1) is 15.7. The predicted molar refractivity (Wildman–Crippen MR) is 88.7 cm³/mol. The summed E-state index contributed by atoms with van der Waals surface area (Å²) >= 11 is 0. The maximum atomic E-state index is 5.09. The standard InChI is InChI=1S/C17H25N3O/c1-13(2)11-18-12-15-10-14-6-4-5-7-16(14)17(20-15)19-8-9-21-3/h4-7,10,13,18H,8-9,11-12H2,1-3H3,(H,19,20). The lowest BCUT2D eigenvalue weighted by Crippen LogP contribution is -2.20. The van der Waals surface area contributed by atoms with Crippen LogP contribution in [0.5, 0.6) is 0 Å². The van der Waals surface area contributed by atoms with Crippen LogP contribution in [0.3, 0.4) is 0 Å². The molecule has 1 aromatic carbocycles. The molecule has 0 aliphatic carbocycles. The molecule has 0 amide bonds. The van der Waals surface area contributed by atoms with Crippen LogP contribution in [-0.2, 0) is 11.3 Å². The zero-order chi connectivity index (χ0) is 15.1. The third-order valence-electron chi connectivity index (χ3n) is 3.25. The minimum Gasteiger partial charge on any atom is -0.383 e. The molecule has 1 aromatic heterocycles.